The first-order chi connectivity index (χ1) is 10.3. The third kappa shape index (κ3) is 5.54. The van der Waals surface area contributed by atoms with Crippen LogP contribution in [0.4, 0.5) is 5.69 Å². The first kappa shape index (κ1) is 17.7. The summed E-state index contributed by atoms with van der Waals surface area (Å²) in [5.41, 5.74) is 1.07. The number of nitrogens with zero attached hydrogens (tertiary/aromatic N) is 1. The minimum absolute atomic E-state index is 0.0816. The first-order valence-corrected chi connectivity index (χ1v) is 7.26. The van der Waals surface area contributed by atoms with Crippen molar-refractivity contribution in [2.45, 2.75) is 32.9 Å². The van der Waals surface area contributed by atoms with E-state index in [4.69, 9.17) is 5.26 Å². The SMILES string of the molecule is CC(C)NC(=O)C[NH+](C)[C@H](C)C(=O)Nc1cccc(C#N)c1. The van der Waals surface area contributed by atoms with Crippen LogP contribution in [-0.2, 0) is 9.59 Å². The van der Waals surface area contributed by atoms with Gasteiger partial charge in [0.05, 0.1) is 18.7 Å². The lowest BCUT2D eigenvalue weighted by Gasteiger charge is -2.21. The van der Waals surface area contributed by atoms with Crippen molar-refractivity contribution in [2.75, 3.05) is 18.9 Å². The van der Waals surface area contributed by atoms with Crippen LogP contribution < -0.4 is 15.5 Å². The van der Waals surface area contributed by atoms with Crippen LogP contribution in [0.1, 0.15) is 26.3 Å². The summed E-state index contributed by atoms with van der Waals surface area (Å²) < 4.78 is 0. The van der Waals surface area contributed by atoms with Crippen molar-refractivity contribution in [1.29, 1.82) is 5.26 Å². The zero-order chi connectivity index (χ0) is 16.7. The van der Waals surface area contributed by atoms with E-state index < -0.39 is 0 Å². The second-order valence-electron chi connectivity index (χ2n) is 5.65. The van der Waals surface area contributed by atoms with Crippen LogP contribution in [0.5, 0.6) is 0 Å². The zero-order valence-corrected chi connectivity index (χ0v) is 13.4. The molecule has 1 aromatic carbocycles. The van der Waals surface area contributed by atoms with Crippen LogP contribution in [-0.4, -0.2) is 37.5 Å². The maximum atomic E-state index is 12.2. The molecule has 0 fully saturated rings. The van der Waals surface area contributed by atoms with E-state index in [9.17, 15) is 9.59 Å². The summed E-state index contributed by atoms with van der Waals surface area (Å²) in [4.78, 5) is 24.7. The van der Waals surface area contributed by atoms with Crippen LogP contribution in [0, 0.1) is 11.3 Å². The average Bonchev–Trinajstić information content (AvgIpc) is 2.45. The summed E-state index contributed by atoms with van der Waals surface area (Å²) >= 11 is 0. The number of anilines is 1. The molecule has 3 N–H and O–H groups in total. The lowest BCUT2D eigenvalue weighted by atomic mass is 10.2. The van der Waals surface area contributed by atoms with E-state index in [1.165, 1.54) is 0 Å². The molecule has 0 spiro atoms. The monoisotopic (exact) mass is 303 g/mol. The van der Waals surface area contributed by atoms with E-state index in [1.807, 2.05) is 19.9 Å². The number of hydrogen-bond donors (Lipinski definition) is 3. The molecule has 0 aliphatic heterocycles. The highest BCUT2D eigenvalue weighted by Crippen LogP contribution is 2.09. The molecule has 2 atom stereocenters. The Labute approximate surface area is 131 Å². The number of likely N-dealkylation sites (N-methyl/N-ethyl adjacent to an activating group) is 1. The Bertz CT molecular complexity index is 578. The highest BCUT2D eigenvalue weighted by molar-refractivity contribution is 5.93. The number of rotatable bonds is 6. The lowest BCUT2D eigenvalue weighted by Crippen LogP contribution is -3.15. The van der Waals surface area contributed by atoms with E-state index in [0.29, 0.717) is 11.3 Å². The second kappa shape index (κ2) is 8.15. The maximum Gasteiger partial charge on any atom is 0.282 e. The molecule has 0 radical (unpaired) electrons. The minimum atomic E-state index is -0.386. The summed E-state index contributed by atoms with van der Waals surface area (Å²) in [5, 5.41) is 14.4. The van der Waals surface area contributed by atoms with Gasteiger partial charge in [0.25, 0.3) is 11.8 Å². The largest absolute Gasteiger partial charge is 0.349 e. The lowest BCUT2D eigenvalue weighted by molar-refractivity contribution is -0.885. The van der Waals surface area contributed by atoms with E-state index >= 15 is 0 Å². The Morgan fingerprint density at radius 1 is 1.32 bits per heavy atom. The minimum Gasteiger partial charge on any atom is -0.349 e. The Morgan fingerprint density at radius 3 is 2.59 bits per heavy atom. The molecule has 0 aliphatic carbocycles. The molecule has 0 aliphatic rings. The summed E-state index contributed by atoms with van der Waals surface area (Å²) in [6.45, 7) is 5.78. The van der Waals surface area contributed by atoms with Gasteiger partial charge in [-0.25, -0.2) is 0 Å². The van der Waals surface area contributed by atoms with Crippen LogP contribution in [0.3, 0.4) is 0 Å². The highest BCUT2D eigenvalue weighted by Gasteiger charge is 2.24. The average molecular weight is 303 g/mol. The topological polar surface area (TPSA) is 86.4 Å². The van der Waals surface area contributed by atoms with Gasteiger partial charge in [-0.15, -0.1) is 0 Å². The number of hydrogen-bond acceptors (Lipinski definition) is 3. The van der Waals surface area contributed by atoms with E-state index in [1.54, 1.807) is 38.2 Å². The molecule has 0 bridgehead atoms. The number of benzene rings is 1. The smallest absolute Gasteiger partial charge is 0.282 e. The van der Waals surface area contributed by atoms with Crippen molar-refractivity contribution in [3.05, 3.63) is 29.8 Å². The van der Waals surface area contributed by atoms with Gasteiger partial charge in [0.1, 0.15) is 0 Å². The van der Waals surface area contributed by atoms with E-state index in [0.717, 1.165) is 4.90 Å². The molecular formula is C16H23N4O2+. The molecule has 0 aromatic heterocycles. The normalized spacial score (nSPS) is 13.1. The number of carbonyl (C=O) groups excluding carboxylic acids is 2. The standard InChI is InChI=1S/C16H22N4O2/c1-11(2)18-15(21)10-20(4)12(3)16(22)19-14-7-5-6-13(8-14)9-17/h5-8,11-12H,10H2,1-4H3,(H,18,21)(H,19,22)/p+1/t12-/m1/s1. The first-order valence-electron chi connectivity index (χ1n) is 7.26. The van der Waals surface area contributed by atoms with Gasteiger partial charge in [-0.3, -0.25) is 9.59 Å². The van der Waals surface area contributed by atoms with Crippen LogP contribution in [0.25, 0.3) is 0 Å². The Hall–Kier alpha value is -2.39. The predicted molar refractivity (Wildman–Crippen MR) is 84.3 cm³/mol. The van der Waals surface area contributed by atoms with Gasteiger partial charge < -0.3 is 15.5 Å². The number of quaternary nitrogens is 1. The number of amides is 2. The summed E-state index contributed by atoms with van der Waals surface area (Å²) in [7, 11) is 1.80. The molecule has 6 heteroatoms. The quantitative estimate of drug-likeness (QED) is 0.687. The summed E-state index contributed by atoms with van der Waals surface area (Å²) in [6, 6.07) is 8.46. The van der Waals surface area contributed by atoms with Gasteiger partial charge in [0, 0.05) is 11.7 Å². The number of nitrogens with one attached hydrogen (secondary N) is 3. The molecule has 1 unspecified atom stereocenters. The second-order valence-corrected chi connectivity index (χ2v) is 5.65. The molecule has 2 amide bonds. The molecule has 1 aromatic rings. The van der Waals surface area contributed by atoms with Crippen LogP contribution >= 0.6 is 0 Å². The van der Waals surface area contributed by atoms with Crippen LogP contribution in [0.2, 0.25) is 0 Å². The van der Waals surface area contributed by atoms with Gasteiger partial charge in [-0.05, 0) is 39.0 Å². The van der Waals surface area contributed by atoms with Gasteiger partial charge in [0.2, 0.25) is 0 Å². The molecular weight excluding hydrogens is 280 g/mol. The van der Waals surface area contributed by atoms with Crippen molar-refractivity contribution in [3.8, 4) is 6.07 Å². The Morgan fingerprint density at radius 2 is 2.00 bits per heavy atom. The van der Waals surface area contributed by atoms with Gasteiger partial charge in [0.15, 0.2) is 12.6 Å². The van der Waals surface area contributed by atoms with Crippen molar-refractivity contribution < 1.29 is 14.5 Å². The fourth-order valence-corrected chi connectivity index (χ4v) is 1.92. The summed E-state index contributed by atoms with van der Waals surface area (Å²) in [6.07, 6.45) is 0. The predicted octanol–water partition coefficient (Wildman–Crippen LogP) is -0.0754. The van der Waals surface area contributed by atoms with Crippen molar-refractivity contribution in [1.82, 2.24) is 5.32 Å². The molecule has 0 saturated heterocycles. The van der Waals surface area contributed by atoms with Gasteiger partial charge in [-0.1, -0.05) is 6.07 Å². The Balaban J connectivity index is 2.60. The van der Waals surface area contributed by atoms with Crippen molar-refractivity contribution in [2.24, 2.45) is 0 Å². The maximum absolute atomic E-state index is 12.2. The van der Waals surface area contributed by atoms with Gasteiger partial charge in [-0.2, -0.15) is 5.26 Å². The van der Waals surface area contributed by atoms with Crippen molar-refractivity contribution >= 4 is 17.5 Å². The van der Waals surface area contributed by atoms with E-state index in [-0.39, 0.29) is 30.4 Å². The fourth-order valence-electron chi connectivity index (χ4n) is 1.92. The van der Waals surface area contributed by atoms with Crippen molar-refractivity contribution in [3.63, 3.8) is 0 Å². The van der Waals surface area contributed by atoms with E-state index in [2.05, 4.69) is 10.6 Å². The number of carbonyl (C=O) groups is 2. The highest BCUT2D eigenvalue weighted by atomic mass is 16.2. The van der Waals surface area contributed by atoms with Gasteiger partial charge >= 0.3 is 0 Å². The summed E-state index contributed by atoms with van der Waals surface area (Å²) in [5.74, 6) is -0.274. The molecule has 22 heavy (non-hydrogen) atoms. The molecule has 1 rings (SSSR count). The third-order valence-electron chi connectivity index (χ3n) is 3.28. The molecule has 0 heterocycles. The number of nitriles is 1. The molecule has 0 saturated carbocycles. The van der Waals surface area contributed by atoms with Crippen LogP contribution in [0.15, 0.2) is 24.3 Å². The molecule has 6 nitrogen and oxygen atoms in total. The zero-order valence-electron chi connectivity index (χ0n) is 13.4. The molecule has 118 valence electrons. The Kier molecular flexibility index (Phi) is 6.54. The third-order valence-corrected chi connectivity index (χ3v) is 3.28. The fraction of sp³-hybridized carbons (Fsp3) is 0.438.